The van der Waals surface area contributed by atoms with Crippen LogP contribution in [0.1, 0.15) is 16.7 Å². The smallest absolute Gasteiger partial charge is 0.261 e. The molecule has 142 valence electrons. The molecule has 0 radical (unpaired) electrons. The highest BCUT2D eigenvalue weighted by Gasteiger charge is 2.14. The fourth-order valence-electron chi connectivity index (χ4n) is 2.80. The van der Waals surface area contributed by atoms with Gasteiger partial charge in [0.05, 0.1) is 4.90 Å². The second-order valence-corrected chi connectivity index (χ2v) is 8.17. The van der Waals surface area contributed by atoms with E-state index in [1.54, 1.807) is 36.4 Å². The van der Waals surface area contributed by atoms with E-state index in [9.17, 15) is 8.42 Å². The molecule has 1 N–H and O–H groups in total. The van der Waals surface area contributed by atoms with Crippen molar-refractivity contribution in [3.63, 3.8) is 0 Å². The predicted octanol–water partition coefficient (Wildman–Crippen LogP) is 4.69. The Morgan fingerprint density at radius 2 is 1.46 bits per heavy atom. The lowest BCUT2D eigenvalue weighted by molar-refractivity contribution is 0.174. The van der Waals surface area contributed by atoms with Crippen LogP contribution in [-0.2, 0) is 10.0 Å². The van der Waals surface area contributed by atoms with Gasteiger partial charge in [-0.1, -0.05) is 48.0 Å². The number of benzene rings is 3. The van der Waals surface area contributed by atoms with E-state index in [0.29, 0.717) is 5.69 Å². The predicted molar refractivity (Wildman–Crippen MR) is 110 cm³/mol. The molecule has 1 aliphatic rings. The summed E-state index contributed by atoms with van der Waals surface area (Å²) in [5.41, 5.74) is 3.47. The number of hydrogen-bond donors (Lipinski definition) is 1. The molecule has 0 saturated carbocycles. The zero-order valence-electron chi connectivity index (χ0n) is 15.3. The summed E-state index contributed by atoms with van der Waals surface area (Å²) in [7, 11) is -3.60. The largest absolute Gasteiger partial charge is 0.454 e. The van der Waals surface area contributed by atoms with Crippen molar-refractivity contribution in [3.8, 4) is 11.5 Å². The van der Waals surface area contributed by atoms with Gasteiger partial charge >= 0.3 is 0 Å². The summed E-state index contributed by atoms with van der Waals surface area (Å²) in [6.45, 7) is 2.17. The summed E-state index contributed by atoms with van der Waals surface area (Å²) in [5, 5.41) is 0. The first-order chi connectivity index (χ1) is 13.5. The van der Waals surface area contributed by atoms with Crippen LogP contribution < -0.4 is 14.2 Å². The van der Waals surface area contributed by atoms with Gasteiger partial charge < -0.3 is 9.47 Å². The van der Waals surface area contributed by atoms with Gasteiger partial charge in [-0.15, -0.1) is 0 Å². The monoisotopic (exact) mass is 393 g/mol. The van der Waals surface area contributed by atoms with Crippen LogP contribution in [0.5, 0.6) is 11.5 Å². The molecule has 0 amide bonds. The molecule has 5 nitrogen and oxygen atoms in total. The minimum atomic E-state index is -3.60. The first kappa shape index (κ1) is 18.1. The molecule has 3 aromatic rings. The maximum atomic E-state index is 12.5. The van der Waals surface area contributed by atoms with Crippen LogP contribution in [0.3, 0.4) is 0 Å². The van der Waals surface area contributed by atoms with Crippen molar-refractivity contribution in [2.24, 2.45) is 0 Å². The van der Waals surface area contributed by atoms with Gasteiger partial charge in [0.15, 0.2) is 11.5 Å². The molecule has 0 saturated heterocycles. The molecule has 6 heteroatoms. The van der Waals surface area contributed by atoms with Gasteiger partial charge in [0.25, 0.3) is 10.0 Å². The van der Waals surface area contributed by atoms with Crippen LogP contribution >= 0.6 is 0 Å². The summed E-state index contributed by atoms with van der Waals surface area (Å²) >= 11 is 0. The molecular weight excluding hydrogens is 374 g/mol. The third-order valence-corrected chi connectivity index (χ3v) is 5.76. The fraction of sp³-hybridized carbons (Fsp3) is 0.0909. The molecule has 0 bridgehead atoms. The van der Waals surface area contributed by atoms with Crippen molar-refractivity contribution in [1.29, 1.82) is 0 Å². The highest BCUT2D eigenvalue weighted by atomic mass is 32.2. The summed E-state index contributed by atoms with van der Waals surface area (Å²) in [5.74, 6) is 1.49. The van der Waals surface area contributed by atoms with Gasteiger partial charge in [-0.05, 0) is 54.4 Å². The van der Waals surface area contributed by atoms with Crippen LogP contribution in [0.2, 0.25) is 0 Å². The lowest BCUT2D eigenvalue weighted by Crippen LogP contribution is -2.12. The van der Waals surface area contributed by atoms with Gasteiger partial charge in [0, 0.05) is 5.69 Å². The topological polar surface area (TPSA) is 64.6 Å². The number of sulfonamides is 1. The number of hydrogen-bond acceptors (Lipinski definition) is 4. The van der Waals surface area contributed by atoms with Crippen LogP contribution in [-0.4, -0.2) is 15.2 Å². The summed E-state index contributed by atoms with van der Waals surface area (Å²) in [4.78, 5) is 0.241. The summed E-state index contributed by atoms with van der Waals surface area (Å²) in [6, 6.07) is 19.7. The highest BCUT2D eigenvalue weighted by Crippen LogP contribution is 2.33. The van der Waals surface area contributed by atoms with Gasteiger partial charge in [0.1, 0.15) is 0 Å². The van der Waals surface area contributed by atoms with Crippen molar-refractivity contribution in [2.45, 2.75) is 11.8 Å². The quantitative estimate of drug-likeness (QED) is 0.639. The highest BCUT2D eigenvalue weighted by molar-refractivity contribution is 7.92. The fourth-order valence-corrected chi connectivity index (χ4v) is 3.86. The van der Waals surface area contributed by atoms with E-state index in [4.69, 9.17) is 9.47 Å². The maximum Gasteiger partial charge on any atom is 0.261 e. The Kier molecular flexibility index (Phi) is 4.79. The molecule has 4 rings (SSSR count). The van der Waals surface area contributed by atoms with Crippen LogP contribution in [0, 0.1) is 6.92 Å². The Balaban J connectivity index is 1.45. The van der Waals surface area contributed by atoms with E-state index in [0.717, 1.165) is 28.2 Å². The molecule has 28 heavy (non-hydrogen) atoms. The lowest BCUT2D eigenvalue weighted by Gasteiger charge is -2.08. The van der Waals surface area contributed by atoms with E-state index >= 15 is 0 Å². The molecule has 0 spiro atoms. The van der Waals surface area contributed by atoms with Crippen LogP contribution in [0.15, 0.2) is 71.6 Å². The van der Waals surface area contributed by atoms with E-state index in [-0.39, 0.29) is 11.7 Å². The number of anilines is 1. The number of fused-ring (bicyclic) bond motifs is 1. The van der Waals surface area contributed by atoms with E-state index in [1.165, 1.54) is 0 Å². The zero-order valence-corrected chi connectivity index (χ0v) is 16.1. The zero-order chi connectivity index (χ0) is 19.6. The average molecular weight is 393 g/mol. The summed E-state index contributed by atoms with van der Waals surface area (Å²) in [6.07, 6.45) is 3.92. The van der Waals surface area contributed by atoms with E-state index in [2.05, 4.69) is 4.72 Å². The van der Waals surface area contributed by atoms with Crippen molar-refractivity contribution >= 4 is 27.9 Å². The average Bonchev–Trinajstić information content (AvgIpc) is 3.15. The molecule has 1 aliphatic heterocycles. The second-order valence-electron chi connectivity index (χ2n) is 6.49. The first-order valence-corrected chi connectivity index (χ1v) is 10.3. The number of ether oxygens (including phenoxy) is 2. The number of rotatable bonds is 5. The van der Waals surface area contributed by atoms with Gasteiger partial charge in [-0.3, -0.25) is 4.72 Å². The molecule has 0 aromatic heterocycles. The van der Waals surface area contributed by atoms with Crippen LogP contribution in [0.25, 0.3) is 12.2 Å². The minimum Gasteiger partial charge on any atom is -0.454 e. The molecule has 0 fully saturated rings. The second kappa shape index (κ2) is 7.40. The molecule has 1 heterocycles. The molecule has 0 unspecified atom stereocenters. The van der Waals surface area contributed by atoms with Gasteiger partial charge in [-0.2, -0.15) is 0 Å². The first-order valence-electron chi connectivity index (χ1n) is 8.77. The van der Waals surface area contributed by atoms with Crippen molar-refractivity contribution in [1.82, 2.24) is 0 Å². The normalized spacial score (nSPS) is 13.0. The molecular formula is C22H19NO4S. The third-order valence-electron chi connectivity index (χ3n) is 4.36. The molecule has 0 atom stereocenters. The Morgan fingerprint density at radius 3 is 2.21 bits per heavy atom. The van der Waals surface area contributed by atoms with Gasteiger partial charge in [0.2, 0.25) is 6.79 Å². The number of aryl methyl sites for hydroxylation is 1. The standard InChI is InChI=1S/C22H19NO4S/c1-16-2-11-20(12-3-16)28(24,25)23-19-9-6-17(7-10-19)4-5-18-8-13-21-22(14-18)27-15-26-21/h2-14,23H,15H2,1H3/b5-4+. The number of nitrogens with one attached hydrogen (secondary N) is 1. The SMILES string of the molecule is Cc1ccc(S(=O)(=O)Nc2ccc(/C=C/c3ccc4c(c3)OCO4)cc2)cc1. The Bertz CT molecular complexity index is 1120. The van der Waals surface area contributed by atoms with E-state index < -0.39 is 10.0 Å². The van der Waals surface area contributed by atoms with Crippen molar-refractivity contribution in [2.75, 3.05) is 11.5 Å². The summed E-state index contributed by atoms with van der Waals surface area (Å²) < 4.78 is 38.2. The Morgan fingerprint density at radius 1 is 0.821 bits per heavy atom. The van der Waals surface area contributed by atoms with Gasteiger partial charge in [-0.25, -0.2) is 8.42 Å². The lowest BCUT2D eigenvalue weighted by atomic mass is 10.1. The van der Waals surface area contributed by atoms with E-state index in [1.807, 2.05) is 49.4 Å². The molecule has 3 aromatic carbocycles. The third kappa shape index (κ3) is 4.02. The minimum absolute atomic E-state index is 0.241. The van der Waals surface area contributed by atoms with Crippen molar-refractivity contribution < 1.29 is 17.9 Å². The maximum absolute atomic E-state index is 12.5. The van der Waals surface area contributed by atoms with Crippen LogP contribution in [0.4, 0.5) is 5.69 Å². The van der Waals surface area contributed by atoms with Crippen molar-refractivity contribution in [3.05, 3.63) is 83.4 Å². The Hall–Kier alpha value is -3.25. The Labute approximate surface area is 164 Å². The molecule has 0 aliphatic carbocycles.